The number of benzene rings is 2. The Morgan fingerprint density at radius 1 is 1.11 bits per heavy atom. The predicted molar refractivity (Wildman–Crippen MR) is 106 cm³/mol. The average molecular weight is 381 g/mol. The molecule has 2 aromatic carbocycles. The van der Waals surface area contributed by atoms with E-state index in [0.29, 0.717) is 23.7 Å². The first kappa shape index (κ1) is 18.6. The highest BCUT2D eigenvalue weighted by Crippen LogP contribution is 2.25. The van der Waals surface area contributed by atoms with Crippen LogP contribution in [0.2, 0.25) is 0 Å². The highest BCUT2D eigenvalue weighted by molar-refractivity contribution is 7.14. The molecule has 0 unspecified atom stereocenters. The second-order valence-corrected chi connectivity index (χ2v) is 6.90. The summed E-state index contributed by atoms with van der Waals surface area (Å²) in [7, 11) is 0. The molecule has 0 atom stereocenters. The second-order valence-electron chi connectivity index (χ2n) is 6.05. The van der Waals surface area contributed by atoms with Crippen LogP contribution >= 0.6 is 11.3 Å². The smallest absolute Gasteiger partial charge is 0.275 e. The standard InChI is InChI=1S/C20H19N3O3S/c1-13-7-9-15(17(24)11-13)21-19(26)16-12-27-20(22-16)23-18(25)10-8-14-5-3-2-4-6-14/h2-7,9,11-12,24H,8,10H2,1H3,(H,21,26)(H,22,23,25). The Morgan fingerprint density at radius 2 is 1.89 bits per heavy atom. The molecule has 3 N–H and O–H groups in total. The van der Waals surface area contributed by atoms with Gasteiger partial charge in [-0.3, -0.25) is 9.59 Å². The third-order valence-electron chi connectivity index (χ3n) is 3.87. The van der Waals surface area contributed by atoms with Gasteiger partial charge in [-0.2, -0.15) is 0 Å². The zero-order valence-corrected chi connectivity index (χ0v) is 15.5. The fourth-order valence-corrected chi connectivity index (χ4v) is 3.16. The molecule has 3 rings (SSSR count). The van der Waals surface area contributed by atoms with Crippen molar-refractivity contribution < 1.29 is 14.7 Å². The van der Waals surface area contributed by atoms with E-state index in [-0.39, 0.29) is 17.4 Å². The molecule has 0 radical (unpaired) electrons. The summed E-state index contributed by atoms with van der Waals surface area (Å²) in [5.41, 5.74) is 2.47. The van der Waals surface area contributed by atoms with Crippen LogP contribution in [0.15, 0.2) is 53.9 Å². The van der Waals surface area contributed by atoms with Crippen molar-refractivity contribution in [1.29, 1.82) is 0 Å². The highest BCUT2D eigenvalue weighted by Gasteiger charge is 2.14. The first-order chi connectivity index (χ1) is 13.0. The molecule has 138 valence electrons. The van der Waals surface area contributed by atoms with Gasteiger partial charge in [-0.1, -0.05) is 36.4 Å². The van der Waals surface area contributed by atoms with Crippen molar-refractivity contribution in [2.24, 2.45) is 0 Å². The summed E-state index contributed by atoms with van der Waals surface area (Å²) in [6, 6.07) is 14.7. The fourth-order valence-electron chi connectivity index (χ4n) is 2.45. The highest BCUT2D eigenvalue weighted by atomic mass is 32.1. The molecule has 0 saturated carbocycles. The van der Waals surface area contributed by atoms with Crippen molar-refractivity contribution in [3.8, 4) is 5.75 Å². The van der Waals surface area contributed by atoms with Crippen molar-refractivity contribution in [3.63, 3.8) is 0 Å². The molecular weight excluding hydrogens is 362 g/mol. The molecule has 0 aliphatic heterocycles. The lowest BCUT2D eigenvalue weighted by Crippen LogP contribution is -2.14. The molecule has 0 fully saturated rings. The maximum absolute atomic E-state index is 12.3. The van der Waals surface area contributed by atoms with Gasteiger partial charge in [-0.05, 0) is 36.6 Å². The number of amides is 2. The van der Waals surface area contributed by atoms with Gasteiger partial charge in [-0.25, -0.2) is 4.98 Å². The van der Waals surface area contributed by atoms with E-state index in [1.165, 1.54) is 11.3 Å². The number of nitrogens with zero attached hydrogens (tertiary/aromatic N) is 1. The van der Waals surface area contributed by atoms with E-state index in [2.05, 4.69) is 15.6 Å². The topological polar surface area (TPSA) is 91.3 Å². The lowest BCUT2D eigenvalue weighted by molar-refractivity contribution is -0.116. The number of aromatic hydroxyl groups is 1. The minimum atomic E-state index is -0.449. The van der Waals surface area contributed by atoms with Crippen LogP contribution in [0.4, 0.5) is 10.8 Å². The molecule has 7 heteroatoms. The summed E-state index contributed by atoms with van der Waals surface area (Å²) in [4.78, 5) is 28.5. The Kier molecular flexibility index (Phi) is 5.83. The van der Waals surface area contributed by atoms with Gasteiger partial charge in [0.25, 0.3) is 5.91 Å². The normalized spacial score (nSPS) is 10.4. The number of phenols is 1. The van der Waals surface area contributed by atoms with E-state index >= 15 is 0 Å². The number of phenolic OH excluding ortho intramolecular Hbond substituents is 1. The van der Waals surface area contributed by atoms with Crippen LogP contribution in [0.5, 0.6) is 5.75 Å². The molecule has 0 bridgehead atoms. The van der Waals surface area contributed by atoms with E-state index < -0.39 is 5.91 Å². The van der Waals surface area contributed by atoms with Gasteiger partial charge in [0, 0.05) is 11.8 Å². The van der Waals surface area contributed by atoms with Gasteiger partial charge in [0.2, 0.25) is 5.91 Å². The molecule has 27 heavy (non-hydrogen) atoms. The van der Waals surface area contributed by atoms with E-state index in [1.54, 1.807) is 23.6 Å². The molecule has 3 aromatic rings. The number of rotatable bonds is 6. The lowest BCUT2D eigenvalue weighted by atomic mass is 10.1. The number of aryl methyl sites for hydroxylation is 2. The van der Waals surface area contributed by atoms with Crippen LogP contribution in [0.1, 0.15) is 28.0 Å². The van der Waals surface area contributed by atoms with Gasteiger partial charge < -0.3 is 15.7 Å². The molecular formula is C20H19N3O3S. The third kappa shape index (κ3) is 5.15. The predicted octanol–water partition coefficient (Wildman–Crippen LogP) is 3.98. The van der Waals surface area contributed by atoms with E-state index in [4.69, 9.17) is 0 Å². The monoisotopic (exact) mass is 381 g/mol. The van der Waals surface area contributed by atoms with Crippen molar-refractivity contribution in [1.82, 2.24) is 4.98 Å². The molecule has 0 aliphatic rings. The van der Waals surface area contributed by atoms with Crippen LogP contribution in [0.3, 0.4) is 0 Å². The lowest BCUT2D eigenvalue weighted by Gasteiger charge is -2.06. The zero-order valence-electron chi connectivity index (χ0n) is 14.7. The molecule has 0 saturated heterocycles. The Balaban J connectivity index is 1.55. The van der Waals surface area contributed by atoms with Crippen molar-refractivity contribution >= 4 is 34.0 Å². The van der Waals surface area contributed by atoms with Crippen molar-refractivity contribution in [2.45, 2.75) is 19.8 Å². The largest absolute Gasteiger partial charge is 0.506 e. The van der Waals surface area contributed by atoms with E-state index in [1.807, 2.05) is 37.3 Å². The van der Waals surface area contributed by atoms with Gasteiger partial charge >= 0.3 is 0 Å². The number of carbonyl (C=O) groups excluding carboxylic acids is 2. The zero-order chi connectivity index (χ0) is 19.2. The quantitative estimate of drug-likeness (QED) is 0.563. The number of aromatic nitrogens is 1. The molecule has 2 amide bonds. The first-order valence-corrected chi connectivity index (χ1v) is 9.29. The Labute approximate surface area is 160 Å². The van der Waals surface area contributed by atoms with Crippen LogP contribution in [-0.4, -0.2) is 21.9 Å². The van der Waals surface area contributed by atoms with Crippen LogP contribution in [0.25, 0.3) is 0 Å². The van der Waals surface area contributed by atoms with Gasteiger partial charge in [0.15, 0.2) is 5.13 Å². The SMILES string of the molecule is Cc1ccc(NC(=O)c2csc(NC(=O)CCc3ccccc3)n2)c(O)c1. The number of carbonyl (C=O) groups is 2. The van der Waals surface area contributed by atoms with Gasteiger partial charge in [0.05, 0.1) is 5.69 Å². The minimum Gasteiger partial charge on any atom is -0.506 e. The van der Waals surface area contributed by atoms with Crippen molar-refractivity contribution in [3.05, 3.63) is 70.7 Å². The molecule has 0 aliphatic carbocycles. The Hall–Kier alpha value is -3.19. The van der Waals surface area contributed by atoms with Gasteiger partial charge in [0.1, 0.15) is 11.4 Å². The summed E-state index contributed by atoms with van der Waals surface area (Å²) in [5.74, 6) is -0.612. The molecule has 1 heterocycles. The first-order valence-electron chi connectivity index (χ1n) is 8.41. The van der Waals surface area contributed by atoms with Crippen LogP contribution < -0.4 is 10.6 Å². The Morgan fingerprint density at radius 3 is 2.63 bits per heavy atom. The number of anilines is 2. The average Bonchev–Trinajstić information content (AvgIpc) is 3.12. The van der Waals surface area contributed by atoms with Crippen molar-refractivity contribution in [2.75, 3.05) is 10.6 Å². The number of hydrogen-bond acceptors (Lipinski definition) is 5. The third-order valence-corrected chi connectivity index (χ3v) is 4.63. The molecule has 0 spiro atoms. The maximum Gasteiger partial charge on any atom is 0.275 e. The summed E-state index contributed by atoms with van der Waals surface area (Å²) < 4.78 is 0. The minimum absolute atomic E-state index is 0.00646. The molecule has 6 nitrogen and oxygen atoms in total. The molecule has 1 aromatic heterocycles. The summed E-state index contributed by atoms with van der Waals surface area (Å²) in [6.45, 7) is 1.85. The van der Waals surface area contributed by atoms with E-state index in [9.17, 15) is 14.7 Å². The number of thiazole rings is 1. The van der Waals surface area contributed by atoms with E-state index in [0.717, 1.165) is 11.1 Å². The fraction of sp³-hybridized carbons (Fsp3) is 0.150. The number of hydrogen-bond donors (Lipinski definition) is 3. The number of nitrogens with one attached hydrogen (secondary N) is 2. The second kappa shape index (κ2) is 8.46. The Bertz CT molecular complexity index is 954. The van der Waals surface area contributed by atoms with Crippen LogP contribution in [-0.2, 0) is 11.2 Å². The summed E-state index contributed by atoms with van der Waals surface area (Å²) >= 11 is 1.18. The summed E-state index contributed by atoms with van der Waals surface area (Å²) in [5, 5.41) is 17.1. The maximum atomic E-state index is 12.3. The summed E-state index contributed by atoms with van der Waals surface area (Å²) in [6.07, 6.45) is 0.973. The van der Waals surface area contributed by atoms with Gasteiger partial charge in [-0.15, -0.1) is 11.3 Å². The van der Waals surface area contributed by atoms with Crippen LogP contribution in [0, 0.1) is 6.92 Å².